The molecule has 5 rings (SSSR count). The SMILES string of the molecule is CCOc1cc(/C=N\NC(=O)c2ccc(-c3csc(Nc4ccc(Cl)cc4)n3)cc2)cc(I)c1OCc1ccc(F)cc1. The first-order valence-electron chi connectivity index (χ1n) is 13.1. The van der Waals surface area contributed by atoms with Gasteiger partial charge >= 0.3 is 0 Å². The van der Waals surface area contributed by atoms with Crippen molar-refractivity contribution < 1.29 is 18.7 Å². The number of benzene rings is 4. The van der Waals surface area contributed by atoms with E-state index in [0.29, 0.717) is 28.7 Å². The molecular weight excluding hydrogens is 702 g/mol. The highest BCUT2D eigenvalue weighted by Crippen LogP contribution is 2.34. The summed E-state index contributed by atoms with van der Waals surface area (Å²) in [6.07, 6.45) is 1.55. The summed E-state index contributed by atoms with van der Waals surface area (Å²) in [6, 6.07) is 24.4. The molecule has 0 aliphatic rings. The number of hydrogen-bond acceptors (Lipinski definition) is 7. The number of hydrogen-bond donors (Lipinski definition) is 2. The molecule has 0 aliphatic heterocycles. The Labute approximate surface area is 270 Å². The van der Waals surface area contributed by atoms with Gasteiger partial charge in [-0.25, -0.2) is 14.8 Å². The van der Waals surface area contributed by atoms with Crippen LogP contribution in [-0.4, -0.2) is 23.7 Å². The molecule has 2 N–H and O–H groups in total. The largest absolute Gasteiger partial charge is 0.490 e. The second-order valence-electron chi connectivity index (χ2n) is 9.12. The number of nitrogens with zero attached hydrogens (tertiary/aromatic N) is 2. The van der Waals surface area contributed by atoms with Crippen LogP contribution in [0.15, 0.2) is 95.4 Å². The number of anilines is 2. The lowest BCUT2D eigenvalue weighted by atomic mass is 10.1. The zero-order valence-corrected chi connectivity index (χ0v) is 26.5. The summed E-state index contributed by atoms with van der Waals surface area (Å²) in [6.45, 7) is 2.59. The Bertz CT molecular complexity index is 1730. The van der Waals surface area contributed by atoms with Crippen LogP contribution in [0.1, 0.15) is 28.4 Å². The van der Waals surface area contributed by atoms with Crippen molar-refractivity contribution in [2.75, 3.05) is 11.9 Å². The fourth-order valence-electron chi connectivity index (χ4n) is 3.94. The number of carbonyl (C=O) groups is 1. The first-order valence-corrected chi connectivity index (χ1v) is 15.5. The molecule has 218 valence electrons. The van der Waals surface area contributed by atoms with Gasteiger partial charge in [0.2, 0.25) is 0 Å². The molecule has 0 unspecified atom stereocenters. The fraction of sp³-hybridized carbons (Fsp3) is 0.0938. The Morgan fingerprint density at radius 3 is 2.51 bits per heavy atom. The van der Waals surface area contributed by atoms with Crippen LogP contribution in [0.3, 0.4) is 0 Å². The van der Waals surface area contributed by atoms with E-state index in [1.165, 1.54) is 23.5 Å². The number of carbonyl (C=O) groups excluding carboxylic acids is 1. The van der Waals surface area contributed by atoms with Crippen molar-refractivity contribution >= 4 is 68.5 Å². The van der Waals surface area contributed by atoms with Crippen LogP contribution in [0.4, 0.5) is 15.2 Å². The summed E-state index contributed by atoms with van der Waals surface area (Å²) in [5.74, 6) is 0.495. The second-order valence-corrected chi connectivity index (χ2v) is 11.6. The number of nitrogens with one attached hydrogen (secondary N) is 2. The van der Waals surface area contributed by atoms with E-state index < -0.39 is 0 Å². The predicted molar refractivity (Wildman–Crippen MR) is 178 cm³/mol. The van der Waals surface area contributed by atoms with Gasteiger partial charge < -0.3 is 14.8 Å². The number of ether oxygens (including phenoxy) is 2. The molecule has 0 radical (unpaired) electrons. The standard InChI is InChI=1S/C32H25ClFIN4O3S/c1-2-41-29-16-21(15-27(35)30(29)42-18-20-3-11-25(34)12-4-20)17-36-39-31(40)23-7-5-22(6-8-23)28-19-43-32(38-28)37-26-13-9-24(33)10-14-26/h3-17,19H,2,18H2,1H3,(H,37,38)(H,39,40)/b36-17-. The number of thiazole rings is 1. The lowest BCUT2D eigenvalue weighted by Crippen LogP contribution is -2.17. The van der Waals surface area contributed by atoms with Crippen LogP contribution >= 0.6 is 45.5 Å². The molecule has 0 saturated heterocycles. The normalized spacial score (nSPS) is 11.0. The number of rotatable bonds is 11. The Balaban J connectivity index is 1.19. The third-order valence-electron chi connectivity index (χ3n) is 6.05. The minimum atomic E-state index is -0.342. The number of hydrazone groups is 1. The topological polar surface area (TPSA) is 84.8 Å². The van der Waals surface area contributed by atoms with Crippen molar-refractivity contribution in [2.24, 2.45) is 5.10 Å². The summed E-state index contributed by atoms with van der Waals surface area (Å²) >= 11 is 9.60. The summed E-state index contributed by atoms with van der Waals surface area (Å²) in [4.78, 5) is 17.4. The van der Waals surface area contributed by atoms with Gasteiger partial charge in [0, 0.05) is 27.2 Å². The molecule has 4 aromatic carbocycles. The van der Waals surface area contributed by atoms with E-state index in [4.69, 9.17) is 21.1 Å². The van der Waals surface area contributed by atoms with Gasteiger partial charge in [0.05, 0.1) is 22.1 Å². The van der Waals surface area contributed by atoms with E-state index in [1.54, 1.807) is 36.5 Å². The number of halogens is 3. The molecule has 5 aromatic rings. The maximum absolute atomic E-state index is 13.2. The van der Waals surface area contributed by atoms with Gasteiger partial charge in [0.25, 0.3) is 5.91 Å². The molecule has 0 saturated carbocycles. The second kappa shape index (κ2) is 14.5. The third kappa shape index (κ3) is 8.31. The Morgan fingerprint density at radius 1 is 1.05 bits per heavy atom. The summed E-state index contributed by atoms with van der Waals surface area (Å²) in [5, 5.41) is 10.8. The van der Waals surface area contributed by atoms with Gasteiger partial charge in [-0.3, -0.25) is 4.79 Å². The van der Waals surface area contributed by atoms with Gasteiger partial charge in [0.1, 0.15) is 12.4 Å². The van der Waals surface area contributed by atoms with E-state index in [-0.39, 0.29) is 18.3 Å². The fourth-order valence-corrected chi connectivity index (χ4v) is 5.59. The minimum absolute atomic E-state index is 0.266. The van der Waals surface area contributed by atoms with Crippen molar-refractivity contribution in [1.82, 2.24) is 10.4 Å². The molecule has 0 aliphatic carbocycles. The van der Waals surface area contributed by atoms with Crippen molar-refractivity contribution in [1.29, 1.82) is 0 Å². The van der Waals surface area contributed by atoms with E-state index in [2.05, 4.69) is 43.4 Å². The van der Waals surface area contributed by atoms with Crippen LogP contribution in [0.25, 0.3) is 11.3 Å². The molecule has 1 aromatic heterocycles. The van der Waals surface area contributed by atoms with Crippen LogP contribution in [0.5, 0.6) is 11.5 Å². The maximum atomic E-state index is 13.2. The molecule has 43 heavy (non-hydrogen) atoms. The van der Waals surface area contributed by atoms with Gasteiger partial charge in [-0.15, -0.1) is 11.3 Å². The molecule has 0 bridgehead atoms. The first kappa shape index (κ1) is 30.5. The average Bonchev–Trinajstić information content (AvgIpc) is 3.47. The molecule has 7 nitrogen and oxygen atoms in total. The highest BCUT2D eigenvalue weighted by Gasteiger charge is 2.13. The highest BCUT2D eigenvalue weighted by atomic mass is 127. The van der Waals surface area contributed by atoms with Gasteiger partial charge in [-0.1, -0.05) is 35.9 Å². The van der Waals surface area contributed by atoms with Gasteiger partial charge in [-0.05, 0) is 101 Å². The van der Waals surface area contributed by atoms with Crippen LogP contribution < -0.4 is 20.2 Å². The van der Waals surface area contributed by atoms with E-state index in [0.717, 1.165) is 36.8 Å². The highest BCUT2D eigenvalue weighted by molar-refractivity contribution is 14.1. The molecule has 0 spiro atoms. The van der Waals surface area contributed by atoms with E-state index in [1.807, 2.05) is 54.8 Å². The van der Waals surface area contributed by atoms with Crippen LogP contribution in [-0.2, 0) is 6.61 Å². The van der Waals surface area contributed by atoms with Crippen molar-refractivity contribution in [3.8, 4) is 22.8 Å². The average molecular weight is 727 g/mol. The lowest BCUT2D eigenvalue weighted by Gasteiger charge is -2.14. The van der Waals surface area contributed by atoms with Crippen LogP contribution in [0, 0.1) is 9.39 Å². The summed E-state index contributed by atoms with van der Waals surface area (Å²) in [5.41, 5.74) is 7.18. The minimum Gasteiger partial charge on any atom is -0.490 e. The molecule has 0 atom stereocenters. The Morgan fingerprint density at radius 2 is 1.79 bits per heavy atom. The molecule has 11 heteroatoms. The van der Waals surface area contributed by atoms with E-state index in [9.17, 15) is 9.18 Å². The van der Waals surface area contributed by atoms with E-state index >= 15 is 0 Å². The predicted octanol–water partition coefficient (Wildman–Crippen LogP) is 8.69. The third-order valence-corrected chi connectivity index (χ3v) is 7.86. The summed E-state index contributed by atoms with van der Waals surface area (Å²) < 4.78 is 25.8. The Hall–Kier alpha value is -4.00. The summed E-state index contributed by atoms with van der Waals surface area (Å²) in [7, 11) is 0. The monoisotopic (exact) mass is 726 g/mol. The van der Waals surface area contributed by atoms with Crippen molar-refractivity contribution in [3.05, 3.63) is 121 Å². The Kier molecular flexibility index (Phi) is 10.2. The lowest BCUT2D eigenvalue weighted by molar-refractivity contribution is 0.0955. The smallest absolute Gasteiger partial charge is 0.271 e. The van der Waals surface area contributed by atoms with Crippen LogP contribution in [0.2, 0.25) is 5.02 Å². The van der Waals surface area contributed by atoms with Crippen molar-refractivity contribution in [3.63, 3.8) is 0 Å². The first-order chi connectivity index (χ1) is 20.9. The molecule has 1 heterocycles. The molecular formula is C32H25ClFIN4O3S. The number of aromatic nitrogens is 1. The molecule has 0 fully saturated rings. The molecule has 1 amide bonds. The number of amides is 1. The zero-order valence-electron chi connectivity index (χ0n) is 22.8. The van der Waals surface area contributed by atoms with Gasteiger partial charge in [-0.2, -0.15) is 5.10 Å². The zero-order chi connectivity index (χ0) is 30.2. The quantitative estimate of drug-likeness (QED) is 0.0809. The van der Waals surface area contributed by atoms with Gasteiger partial charge in [0.15, 0.2) is 16.6 Å². The van der Waals surface area contributed by atoms with Crippen molar-refractivity contribution in [2.45, 2.75) is 13.5 Å². The maximum Gasteiger partial charge on any atom is 0.271 e.